The summed E-state index contributed by atoms with van der Waals surface area (Å²) in [6, 6.07) is 1.83. The van der Waals surface area contributed by atoms with Gasteiger partial charge in [-0.15, -0.1) is 0 Å². The van der Waals surface area contributed by atoms with Crippen molar-refractivity contribution in [1.29, 1.82) is 5.26 Å². The summed E-state index contributed by atoms with van der Waals surface area (Å²) in [5.41, 5.74) is 0.100. The van der Waals surface area contributed by atoms with Gasteiger partial charge in [0, 0.05) is 0 Å². The highest BCUT2D eigenvalue weighted by molar-refractivity contribution is 5.92. The molecule has 0 aliphatic rings. The molecular weight excluding hydrogens is 166 g/mol. The fourth-order valence-electron chi connectivity index (χ4n) is 0.757. The van der Waals surface area contributed by atoms with Gasteiger partial charge in [-0.05, 0) is 12.3 Å². The summed E-state index contributed by atoms with van der Waals surface area (Å²) in [5.74, 6) is -0.332. The average Bonchev–Trinajstić information content (AvgIpc) is 2.09. The van der Waals surface area contributed by atoms with E-state index in [2.05, 4.69) is 0 Å². The van der Waals surface area contributed by atoms with Crippen molar-refractivity contribution in [3.63, 3.8) is 0 Å². The number of hydrogen-bond donors (Lipinski definition) is 0. The smallest absolute Gasteiger partial charge is 0.348 e. The Labute approximate surface area is 79.0 Å². The lowest BCUT2D eigenvalue weighted by Gasteiger charge is -2.02. The highest BCUT2D eigenvalue weighted by atomic mass is 16.5. The lowest BCUT2D eigenvalue weighted by Crippen LogP contribution is -2.08. The molecule has 0 heterocycles. The molecule has 0 fully saturated rings. The fourth-order valence-corrected chi connectivity index (χ4v) is 0.757. The fraction of sp³-hybridized carbons (Fsp3) is 0.600. The van der Waals surface area contributed by atoms with Crippen molar-refractivity contribution < 1.29 is 9.53 Å². The van der Waals surface area contributed by atoms with Gasteiger partial charge in [0.15, 0.2) is 0 Å². The molecule has 3 heteroatoms. The van der Waals surface area contributed by atoms with Crippen LogP contribution >= 0.6 is 0 Å². The Morgan fingerprint density at radius 1 is 1.62 bits per heavy atom. The Bertz CT molecular complexity index is 236. The highest BCUT2D eigenvalue weighted by Crippen LogP contribution is 2.03. The number of nitriles is 1. The third-order valence-corrected chi connectivity index (χ3v) is 1.28. The number of hydrogen-bond acceptors (Lipinski definition) is 3. The monoisotopic (exact) mass is 181 g/mol. The average molecular weight is 181 g/mol. The van der Waals surface area contributed by atoms with Crippen LogP contribution in [-0.2, 0) is 9.53 Å². The Morgan fingerprint density at radius 3 is 2.62 bits per heavy atom. The second-order valence-electron chi connectivity index (χ2n) is 3.07. The topological polar surface area (TPSA) is 50.1 Å². The minimum atomic E-state index is -0.516. The first-order valence-electron chi connectivity index (χ1n) is 4.40. The van der Waals surface area contributed by atoms with Crippen molar-refractivity contribution in [3.05, 3.63) is 11.6 Å². The van der Waals surface area contributed by atoms with E-state index in [0.717, 1.165) is 6.42 Å². The van der Waals surface area contributed by atoms with Crippen LogP contribution in [0.15, 0.2) is 11.6 Å². The van der Waals surface area contributed by atoms with Crippen LogP contribution < -0.4 is 0 Å². The number of nitrogens with zero attached hydrogens (tertiary/aromatic N) is 1. The van der Waals surface area contributed by atoms with Gasteiger partial charge in [-0.1, -0.05) is 26.8 Å². The largest absolute Gasteiger partial charge is 0.462 e. The zero-order valence-corrected chi connectivity index (χ0v) is 8.33. The molecule has 0 rings (SSSR count). The van der Waals surface area contributed by atoms with Crippen molar-refractivity contribution in [2.24, 2.45) is 5.92 Å². The molecule has 0 aliphatic carbocycles. The highest BCUT2D eigenvalue weighted by Gasteiger charge is 2.09. The molecule has 0 radical (unpaired) electrons. The third kappa shape index (κ3) is 5.02. The molecule has 0 unspecified atom stereocenters. The quantitative estimate of drug-likeness (QED) is 0.379. The van der Waals surface area contributed by atoms with Gasteiger partial charge in [-0.3, -0.25) is 0 Å². The summed E-state index contributed by atoms with van der Waals surface area (Å²) in [6.07, 6.45) is 2.38. The van der Waals surface area contributed by atoms with Crippen molar-refractivity contribution >= 4 is 5.97 Å². The van der Waals surface area contributed by atoms with Crippen LogP contribution in [0.5, 0.6) is 0 Å². The minimum Gasteiger partial charge on any atom is -0.462 e. The summed E-state index contributed by atoms with van der Waals surface area (Å²) in [7, 11) is 0. The number of allylic oxidation sites excluding steroid dienone is 1. The van der Waals surface area contributed by atoms with E-state index in [4.69, 9.17) is 10.00 Å². The van der Waals surface area contributed by atoms with Gasteiger partial charge in [0.2, 0.25) is 0 Å². The number of ether oxygens (including phenoxy) is 1. The van der Waals surface area contributed by atoms with Crippen LogP contribution in [0.4, 0.5) is 0 Å². The van der Waals surface area contributed by atoms with E-state index < -0.39 is 5.97 Å². The molecule has 0 bridgehead atoms. The van der Waals surface area contributed by atoms with Gasteiger partial charge < -0.3 is 4.74 Å². The van der Waals surface area contributed by atoms with Gasteiger partial charge in [0.05, 0.1) is 6.61 Å². The molecule has 0 aromatic rings. The zero-order chi connectivity index (χ0) is 10.3. The standard InChI is InChI=1S/C10H15NO2/c1-4-5-13-10(12)9(7-11)6-8(2)3/h6,8H,4-5H2,1-3H3/b9-6-. The molecule has 0 aliphatic heterocycles. The van der Waals surface area contributed by atoms with E-state index in [0.29, 0.717) is 6.61 Å². The summed E-state index contributed by atoms with van der Waals surface area (Å²) in [6.45, 7) is 6.09. The Morgan fingerprint density at radius 2 is 2.23 bits per heavy atom. The van der Waals surface area contributed by atoms with Crippen molar-refractivity contribution in [1.82, 2.24) is 0 Å². The van der Waals surface area contributed by atoms with Crippen LogP contribution in [0, 0.1) is 17.2 Å². The first-order valence-corrected chi connectivity index (χ1v) is 4.40. The van der Waals surface area contributed by atoms with Crippen LogP contribution in [0.3, 0.4) is 0 Å². The lowest BCUT2D eigenvalue weighted by atomic mass is 10.1. The Balaban J connectivity index is 4.26. The molecule has 0 atom stereocenters. The molecule has 72 valence electrons. The van der Waals surface area contributed by atoms with E-state index in [1.165, 1.54) is 0 Å². The van der Waals surface area contributed by atoms with E-state index in [-0.39, 0.29) is 11.5 Å². The number of esters is 1. The number of carbonyl (C=O) groups is 1. The van der Waals surface area contributed by atoms with Crippen LogP contribution in [0.25, 0.3) is 0 Å². The molecule has 13 heavy (non-hydrogen) atoms. The van der Waals surface area contributed by atoms with Gasteiger partial charge in [-0.25, -0.2) is 4.79 Å². The van der Waals surface area contributed by atoms with Crippen LogP contribution in [-0.4, -0.2) is 12.6 Å². The summed E-state index contributed by atoms with van der Waals surface area (Å²) in [4.78, 5) is 11.2. The summed E-state index contributed by atoms with van der Waals surface area (Å²) >= 11 is 0. The molecule has 0 saturated carbocycles. The first-order chi connectivity index (χ1) is 6.11. The zero-order valence-electron chi connectivity index (χ0n) is 8.33. The lowest BCUT2D eigenvalue weighted by molar-refractivity contribution is -0.138. The van der Waals surface area contributed by atoms with E-state index in [1.54, 1.807) is 6.08 Å². The molecule has 0 N–H and O–H groups in total. The first kappa shape index (κ1) is 11.7. The number of carbonyl (C=O) groups excluding carboxylic acids is 1. The second kappa shape index (κ2) is 6.24. The van der Waals surface area contributed by atoms with Crippen molar-refractivity contribution in [2.45, 2.75) is 27.2 Å². The maximum atomic E-state index is 11.2. The number of rotatable bonds is 4. The molecular formula is C10H15NO2. The summed E-state index contributed by atoms with van der Waals surface area (Å²) in [5, 5.41) is 8.63. The molecule has 0 aromatic heterocycles. The normalized spacial score (nSPS) is 11.2. The minimum absolute atomic E-state index is 0.100. The molecule has 3 nitrogen and oxygen atoms in total. The van der Waals surface area contributed by atoms with Gasteiger partial charge >= 0.3 is 5.97 Å². The second-order valence-corrected chi connectivity index (χ2v) is 3.07. The van der Waals surface area contributed by atoms with Crippen molar-refractivity contribution in [3.8, 4) is 6.07 Å². The molecule has 0 aromatic carbocycles. The van der Waals surface area contributed by atoms with Crippen molar-refractivity contribution in [2.75, 3.05) is 6.61 Å². The Kier molecular flexibility index (Phi) is 5.62. The molecule has 0 spiro atoms. The van der Waals surface area contributed by atoms with Crippen LogP contribution in [0.1, 0.15) is 27.2 Å². The van der Waals surface area contributed by atoms with Gasteiger partial charge in [0.1, 0.15) is 11.6 Å². The molecule has 0 amide bonds. The van der Waals surface area contributed by atoms with Gasteiger partial charge in [-0.2, -0.15) is 5.26 Å². The van der Waals surface area contributed by atoms with Gasteiger partial charge in [0.25, 0.3) is 0 Å². The Hall–Kier alpha value is -1.30. The van der Waals surface area contributed by atoms with Crippen LogP contribution in [0.2, 0.25) is 0 Å². The predicted molar refractivity (Wildman–Crippen MR) is 49.8 cm³/mol. The van der Waals surface area contributed by atoms with E-state index in [9.17, 15) is 4.79 Å². The maximum Gasteiger partial charge on any atom is 0.348 e. The maximum absolute atomic E-state index is 11.2. The van der Waals surface area contributed by atoms with E-state index >= 15 is 0 Å². The van der Waals surface area contributed by atoms with E-state index in [1.807, 2.05) is 26.8 Å². The SMILES string of the molecule is CCCOC(=O)/C(C#N)=C\C(C)C. The summed E-state index contributed by atoms with van der Waals surface area (Å²) < 4.78 is 4.82. The third-order valence-electron chi connectivity index (χ3n) is 1.28. The molecule has 0 saturated heterocycles. The predicted octanol–water partition coefficient (Wildman–Crippen LogP) is 2.05.